The molecule has 0 aromatic heterocycles. The van der Waals surface area contributed by atoms with Crippen LogP contribution < -0.4 is 10.5 Å². The molecule has 0 bridgehead atoms. The van der Waals surface area contributed by atoms with Crippen LogP contribution >= 0.6 is 0 Å². The number of hydrogen-bond donors (Lipinski definition) is 1. The maximum absolute atomic E-state index is 6.37. The molecule has 2 aliphatic rings. The second kappa shape index (κ2) is 5.96. The first-order valence-electron chi connectivity index (χ1n) is 7.85. The lowest BCUT2D eigenvalue weighted by Crippen LogP contribution is -2.19. The molecule has 3 rings (SSSR count). The van der Waals surface area contributed by atoms with Gasteiger partial charge in [0, 0.05) is 6.04 Å². The van der Waals surface area contributed by atoms with Crippen LogP contribution in [0.4, 0.5) is 0 Å². The Hall–Kier alpha value is -1.02. The first-order valence-corrected chi connectivity index (χ1v) is 7.85. The van der Waals surface area contributed by atoms with Crippen LogP contribution in [0.5, 0.6) is 5.75 Å². The minimum Gasteiger partial charge on any atom is -0.490 e. The average Bonchev–Trinajstić information content (AvgIpc) is 3.12. The third-order valence-corrected chi connectivity index (χ3v) is 4.78. The van der Waals surface area contributed by atoms with Crippen molar-refractivity contribution in [1.82, 2.24) is 0 Å². The van der Waals surface area contributed by atoms with Gasteiger partial charge in [-0.3, -0.25) is 0 Å². The molecule has 1 atom stereocenters. The summed E-state index contributed by atoms with van der Waals surface area (Å²) in [4.78, 5) is 0. The third kappa shape index (κ3) is 3.11. The summed E-state index contributed by atoms with van der Waals surface area (Å²) in [6.45, 7) is 0. The molecule has 2 N–H and O–H groups in total. The van der Waals surface area contributed by atoms with Gasteiger partial charge in [0.05, 0.1) is 6.10 Å². The van der Waals surface area contributed by atoms with E-state index in [4.69, 9.17) is 10.5 Å². The monoisotopic (exact) mass is 259 g/mol. The smallest absolute Gasteiger partial charge is 0.119 e. The first-order chi connectivity index (χ1) is 9.33. The molecule has 1 aromatic rings. The van der Waals surface area contributed by atoms with Gasteiger partial charge in [0.2, 0.25) is 0 Å². The van der Waals surface area contributed by atoms with Crippen LogP contribution in [-0.2, 0) is 0 Å². The largest absolute Gasteiger partial charge is 0.490 e. The summed E-state index contributed by atoms with van der Waals surface area (Å²) in [6.07, 6.45) is 10.8. The second-order valence-electron chi connectivity index (χ2n) is 6.16. The molecule has 0 saturated heterocycles. The molecule has 0 heterocycles. The Labute approximate surface area is 116 Å². The fourth-order valence-electron chi connectivity index (χ4n) is 3.56. The second-order valence-corrected chi connectivity index (χ2v) is 6.16. The molecule has 0 amide bonds. The molecule has 0 spiro atoms. The zero-order chi connectivity index (χ0) is 13.1. The van der Waals surface area contributed by atoms with Gasteiger partial charge in [-0.15, -0.1) is 0 Å². The predicted octanol–water partition coefficient (Wildman–Crippen LogP) is 4.20. The zero-order valence-electron chi connectivity index (χ0n) is 11.7. The Bertz CT molecular complexity index is 388. The van der Waals surface area contributed by atoms with Crippen molar-refractivity contribution in [1.29, 1.82) is 0 Å². The van der Waals surface area contributed by atoms with Gasteiger partial charge < -0.3 is 10.5 Å². The van der Waals surface area contributed by atoms with E-state index < -0.39 is 0 Å². The zero-order valence-corrected chi connectivity index (χ0v) is 11.7. The molecule has 2 fully saturated rings. The summed E-state index contributed by atoms with van der Waals surface area (Å²) in [7, 11) is 0. The van der Waals surface area contributed by atoms with Gasteiger partial charge in [-0.1, -0.05) is 25.0 Å². The minimum absolute atomic E-state index is 0.211. The first kappa shape index (κ1) is 13.0. The highest BCUT2D eigenvalue weighted by Gasteiger charge is 2.23. The molecule has 2 nitrogen and oxygen atoms in total. The fraction of sp³-hybridized carbons (Fsp3) is 0.647. The number of nitrogens with two attached hydrogens (primary N) is 1. The Kier molecular flexibility index (Phi) is 4.07. The maximum Gasteiger partial charge on any atom is 0.119 e. The summed E-state index contributed by atoms with van der Waals surface area (Å²) in [6, 6.07) is 8.73. The Morgan fingerprint density at radius 2 is 1.47 bits per heavy atom. The highest BCUT2D eigenvalue weighted by atomic mass is 16.5. The molecule has 19 heavy (non-hydrogen) atoms. The molecule has 104 valence electrons. The van der Waals surface area contributed by atoms with E-state index in [0.29, 0.717) is 12.0 Å². The van der Waals surface area contributed by atoms with Crippen molar-refractivity contribution in [2.45, 2.75) is 63.5 Å². The van der Waals surface area contributed by atoms with Crippen molar-refractivity contribution < 1.29 is 4.74 Å². The van der Waals surface area contributed by atoms with E-state index in [9.17, 15) is 0 Å². The summed E-state index contributed by atoms with van der Waals surface area (Å²) in [5.74, 6) is 1.69. The van der Waals surface area contributed by atoms with E-state index >= 15 is 0 Å². The number of benzene rings is 1. The van der Waals surface area contributed by atoms with Crippen molar-refractivity contribution >= 4 is 0 Å². The SMILES string of the molecule is NC(c1ccc(OC2CCCC2)cc1)C1CCCC1. The van der Waals surface area contributed by atoms with E-state index in [1.807, 2.05) is 0 Å². The molecule has 2 aliphatic carbocycles. The molecule has 0 radical (unpaired) electrons. The average molecular weight is 259 g/mol. The number of rotatable bonds is 4. The standard InChI is InChI=1S/C17H25NO/c18-17(13-5-1-2-6-13)14-9-11-16(12-10-14)19-15-7-3-4-8-15/h9-13,15,17H,1-8,18H2. The van der Waals surface area contributed by atoms with Gasteiger partial charge in [0.1, 0.15) is 5.75 Å². The Morgan fingerprint density at radius 3 is 2.11 bits per heavy atom. The van der Waals surface area contributed by atoms with Gasteiger partial charge in [0.15, 0.2) is 0 Å². The lowest BCUT2D eigenvalue weighted by molar-refractivity contribution is 0.210. The van der Waals surface area contributed by atoms with Crippen LogP contribution in [-0.4, -0.2) is 6.10 Å². The van der Waals surface area contributed by atoms with Crippen LogP contribution in [0.2, 0.25) is 0 Å². The Morgan fingerprint density at radius 1 is 0.895 bits per heavy atom. The van der Waals surface area contributed by atoms with Gasteiger partial charge in [-0.05, 0) is 62.1 Å². The molecule has 1 unspecified atom stereocenters. The van der Waals surface area contributed by atoms with Gasteiger partial charge in [-0.25, -0.2) is 0 Å². The topological polar surface area (TPSA) is 35.2 Å². The number of hydrogen-bond acceptors (Lipinski definition) is 2. The molecule has 2 heteroatoms. The molecule has 1 aromatic carbocycles. The highest BCUT2D eigenvalue weighted by Crippen LogP contribution is 2.34. The summed E-state index contributed by atoms with van der Waals surface area (Å²) >= 11 is 0. The quantitative estimate of drug-likeness (QED) is 0.879. The van der Waals surface area contributed by atoms with Crippen LogP contribution in [0.15, 0.2) is 24.3 Å². The lowest BCUT2D eigenvalue weighted by Gasteiger charge is -2.20. The van der Waals surface area contributed by atoms with Crippen molar-refractivity contribution in [3.63, 3.8) is 0 Å². The van der Waals surface area contributed by atoms with Crippen LogP contribution in [0, 0.1) is 5.92 Å². The van der Waals surface area contributed by atoms with E-state index in [1.165, 1.54) is 56.9 Å². The van der Waals surface area contributed by atoms with Crippen LogP contribution in [0.3, 0.4) is 0 Å². The summed E-state index contributed by atoms with van der Waals surface area (Å²) in [5, 5.41) is 0. The van der Waals surface area contributed by atoms with Gasteiger partial charge >= 0.3 is 0 Å². The van der Waals surface area contributed by atoms with Crippen molar-refractivity contribution in [2.75, 3.05) is 0 Å². The summed E-state index contributed by atoms with van der Waals surface area (Å²) < 4.78 is 5.99. The van der Waals surface area contributed by atoms with E-state index in [1.54, 1.807) is 0 Å². The van der Waals surface area contributed by atoms with Crippen molar-refractivity contribution in [3.8, 4) is 5.75 Å². The van der Waals surface area contributed by atoms with Crippen LogP contribution in [0.25, 0.3) is 0 Å². The van der Waals surface area contributed by atoms with E-state index in [-0.39, 0.29) is 6.04 Å². The maximum atomic E-state index is 6.37. The van der Waals surface area contributed by atoms with Crippen molar-refractivity contribution in [2.24, 2.45) is 11.7 Å². The molecule has 2 saturated carbocycles. The molecule has 0 aliphatic heterocycles. The Balaban J connectivity index is 1.61. The minimum atomic E-state index is 0.211. The van der Waals surface area contributed by atoms with Gasteiger partial charge in [-0.2, -0.15) is 0 Å². The fourth-order valence-corrected chi connectivity index (χ4v) is 3.56. The molecular formula is C17H25NO. The van der Waals surface area contributed by atoms with E-state index in [0.717, 1.165) is 5.75 Å². The van der Waals surface area contributed by atoms with Crippen molar-refractivity contribution in [3.05, 3.63) is 29.8 Å². The third-order valence-electron chi connectivity index (χ3n) is 4.78. The van der Waals surface area contributed by atoms with Gasteiger partial charge in [0.25, 0.3) is 0 Å². The lowest BCUT2D eigenvalue weighted by atomic mass is 9.92. The molecular weight excluding hydrogens is 234 g/mol. The predicted molar refractivity (Wildman–Crippen MR) is 78.2 cm³/mol. The highest BCUT2D eigenvalue weighted by molar-refractivity contribution is 5.29. The van der Waals surface area contributed by atoms with Crippen LogP contribution in [0.1, 0.15) is 63.0 Å². The summed E-state index contributed by atoms with van der Waals surface area (Å²) in [5.41, 5.74) is 7.64. The van der Waals surface area contributed by atoms with E-state index in [2.05, 4.69) is 24.3 Å². The normalized spacial score (nSPS) is 22.8. The number of ether oxygens (including phenoxy) is 1.